The molecular weight excluding hydrogens is 350 g/mol. The maximum Gasteiger partial charge on any atom is 0.251 e. The van der Waals surface area contributed by atoms with E-state index in [9.17, 15) is 17.2 Å². The minimum Gasteiger partial charge on any atom is -0.356 e. The molecular formula is C16H32F2N4O2S. The first-order valence-electron chi connectivity index (χ1n) is 8.66. The van der Waals surface area contributed by atoms with Gasteiger partial charge in [0.1, 0.15) is 9.84 Å². The van der Waals surface area contributed by atoms with E-state index in [2.05, 4.69) is 15.6 Å². The Kier molecular flexibility index (Phi) is 8.53. The second-order valence-corrected chi connectivity index (χ2v) is 9.84. The highest BCUT2D eigenvalue weighted by atomic mass is 32.2. The Labute approximate surface area is 150 Å². The van der Waals surface area contributed by atoms with Crippen LogP contribution in [-0.4, -0.2) is 77.0 Å². The average Bonchev–Trinajstić information content (AvgIpc) is 2.50. The summed E-state index contributed by atoms with van der Waals surface area (Å²) in [5.74, 6) is 0.829. The summed E-state index contributed by atoms with van der Waals surface area (Å²) in [6, 6.07) is 0.208. The summed E-state index contributed by atoms with van der Waals surface area (Å²) >= 11 is 0. The molecule has 0 aromatic heterocycles. The van der Waals surface area contributed by atoms with Gasteiger partial charge in [0.2, 0.25) is 0 Å². The van der Waals surface area contributed by atoms with E-state index in [-0.39, 0.29) is 23.8 Å². The number of aliphatic imine (C=N–C) groups is 1. The van der Waals surface area contributed by atoms with Crippen molar-refractivity contribution >= 4 is 15.8 Å². The number of sulfone groups is 1. The van der Waals surface area contributed by atoms with Crippen molar-refractivity contribution < 1.29 is 17.2 Å². The van der Waals surface area contributed by atoms with Crippen LogP contribution in [0, 0.1) is 5.41 Å². The highest BCUT2D eigenvalue weighted by Crippen LogP contribution is 2.20. The molecule has 0 bridgehead atoms. The van der Waals surface area contributed by atoms with Gasteiger partial charge in [0.25, 0.3) is 6.43 Å². The minimum absolute atomic E-state index is 0.159. The number of nitrogens with zero attached hydrogens (tertiary/aromatic N) is 2. The Hall–Kier alpha value is -0.960. The molecule has 2 N–H and O–H groups in total. The third-order valence-electron chi connectivity index (χ3n) is 4.43. The van der Waals surface area contributed by atoms with E-state index in [0.717, 1.165) is 12.8 Å². The summed E-state index contributed by atoms with van der Waals surface area (Å²) in [7, 11) is -1.28. The zero-order chi connectivity index (χ0) is 19.1. The van der Waals surface area contributed by atoms with E-state index >= 15 is 0 Å². The molecule has 1 rings (SSSR count). The monoisotopic (exact) mass is 382 g/mol. The molecule has 9 heteroatoms. The highest BCUT2D eigenvalue weighted by molar-refractivity contribution is 7.90. The molecule has 0 unspecified atom stereocenters. The number of likely N-dealkylation sites (tertiary alicyclic amines) is 1. The predicted octanol–water partition coefficient (Wildman–Crippen LogP) is 1.34. The first kappa shape index (κ1) is 22.1. The van der Waals surface area contributed by atoms with E-state index in [1.54, 1.807) is 11.9 Å². The lowest BCUT2D eigenvalue weighted by Crippen LogP contribution is -2.50. The highest BCUT2D eigenvalue weighted by Gasteiger charge is 2.24. The molecule has 0 aromatic rings. The van der Waals surface area contributed by atoms with Gasteiger partial charge in [-0.15, -0.1) is 0 Å². The normalized spacial score (nSPS) is 18.6. The lowest BCUT2D eigenvalue weighted by Gasteiger charge is -2.33. The fourth-order valence-corrected chi connectivity index (χ4v) is 3.64. The molecule has 0 atom stereocenters. The van der Waals surface area contributed by atoms with Crippen LogP contribution < -0.4 is 10.6 Å². The largest absolute Gasteiger partial charge is 0.356 e. The van der Waals surface area contributed by atoms with Crippen molar-refractivity contribution in [1.29, 1.82) is 0 Å². The van der Waals surface area contributed by atoms with E-state index in [4.69, 9.17) is 0 Å². The average molecular weight is 383 g/mol. The lowest BCUT2D eigenvalue weighted by atomic mass is 9.90. The molecule has 0 amide bonds. The van der Waals surface area contributed by atoms with Crippen molar-refractivity contribution in [1.82, 2.24) is 15.5 Å². The number of nitrogens with one attached hydrogen (secondary N) is 2. The molecule has 6 nitrogen and oxygen atoms in total. The molecule has 1 aliphatic rings. The van der Waals surface area contributed by atoms with Crippen LogP contribution >= 0.6 is 0 Å². The molecule has 1 saturated heterocycles. The van der Waals surface area contributed by atoms with Crippen LogP contribution in [0.2, 0.25) is 0 Å². The van der Waals surface area contributed by atoms with Gasteiger partial charge >= 0.3 is 0 Å². The summed E-state index contributed by atoms with van der Waals surface area (Å²) in [6.07, 6.45) is 1.13. The summed E-state index contributed by atoms with van der Waals surface area (Å²) in [4.78, 5) is 5.99. The Balaban J connectivity index is 2.38. The second-order valence-electron chi connectivity index (χ2n) is 7.58. The summed E-state index contributed by atoms with van der Waals surface area (Å²) in [6.45, 7) is 5.78. The molecule has 148 valence electrons. The van der Waals surface area contributed by atoms with Crippen molar-refractivity contribution in [3.63, 3.8) is 0 Å². The first-order chi connectivity index (χ1) is 11.5. The van der Waals surface area contributed by atoms with Gasteiger partial charge in [-0.2, -0.15) is 0 Å². The molecule has 25 heavy (non-hydrogen) atoms. The van der Waals surface area contributed by atoms with E-state index in [1.165, 1.54) is 6.26 Å². The Morgan fingerprint density at radius 2 is 1.92 bits per heavy atom. The number of hydrogen-bond donors (Lipinski definition) is 2. The van der Waals surface area contributed by atoms with Crippen LogP contribution in [0.15, 0.2) is 4.99 Å². The molecule has 0 aliphatic carbocycles. The molecule has 0 saturated carbocycles. The van der Waals surface area contributed by atoms with E-state index < -0.39 is 16.3 Å². The topological polar surface area (TPSA) is 73.8 Å². The number of hydrogen-bond acceptors (Lipinski definition) is 4. The summed E-state index contributed by atoms with van der Waals surface area (Å²) in [5, 5.41) is 6.58. The molecule has 0 aromatic carbocycles. The standard InChI is InChI=1S/C16H32F2N4O2S/c1-16(2,7-10-25(4,23)24)12-20-15(19-3)21-13-5-8-22(9-6-13)11-14(17)18/h13-14H,5-12H2,1-4H3,(H2,19,20,21). The van der Waals surface area contributed by atoms with Gasteiger partial charge in [0, 0.05) is 39.0 Å². The smallest absolute Gasteiger partial charge is 0.251 e. The molecule has 1 heterocycles. The third kappa shape index (κ3) is 9.94. The maximum atomic E-state index is 12.4. The Morgan fingerprint density at radius 3 is 2.40 bits per heavy atom. The van der Waals surface area contributed by atoms with Crippen LogP contribution in [0.5, 0.6) is 0 Å². The van der Waals surface area contributed by atoms with E-state index in [1.807, 2.05) is 13.8 Å². The van der Waals surface area contributed by atoms with Crippen molar-refractivity contribution in [2.24, 2.45) is 10.4 Å². The maximum absolute atomic E-state index is 12.4. The number of alkyl halides is 2. The molecule has 1 aliphatic heterocycles. The fourth-order valence-electron chi connectivity index (χ4n) is 2.72. The Bertz CT molecular complexity index is 530. The van der Waals surface area contributed by atoms with Crippen molar-refractivity contribution in [2.75, 3.05) is 45.2 Å². The zero-order valence-corrected chi connectivity index (χ0v) is 16.5. The van der Waals surface area contributed by atoms with Gasteiger partial charge in [-0.3, -0.25) is 9.89 Å². The first-order valence-corrected chi connectivity index (χ1v) is 10.7. The third-order valence-corrected chi connectivity index (χ3v) is 5.38. The number of piperidine rings is 1. The molecule has 0 radical (unpaired) electrons. The van der Waals surface area contributed by atoms with Crippen molar-refractivity contribution in [2.45, 2.75) is 45.6 Å². The number of guanidine groups is 1. The van der Waals surface area contributed by atoms with Gasteiger partial charge < -0.3 is 10.6 Å². The Morgan fingerprint density at radius 1 is 1.32 bits per heavy atom. The lowest BCUT2D eigenvalue weighted by molar-refractivity contribution is 0.0744. The van der Waals surface area contributed by atoms with Gasteiger partial charge in [-0.25, -0.2) is 17.2 Å². The quantitative estimate of drug-likeness (QED) is 0.490. The van der Waals surface area contributed by atoms with Crippen molar-refractivity contribution in [3.05, 3.63) is 0 Å². The van der Waals surface area contributed by atoms with Crippen molar-refractivity contribution in [3.8, 4) is 0 Å². The SMILES string of the molecule is CN=C(NCC(C)(C)CCS(C)(=O)=O)NC1CCN(CC(F)F)CC1. The van der Waals surface area contributed by atoms with Crippen LogP contribution in [-0.2, 0) is 9.84 Å². The van der Waals surface area contributed by atoms with Gasteiger partial charge in [0.05, 0.1) is 12.3 Å². The van der Waals surface area contributed by atoms with Gasteiger partial charge in [-0.1, -0.05) is 13.8 Å². The van der Waals surface area contributed by atoms with Gasteiger partial charge in [-0.05, 0) is 24.7 Å². The van der Waals surface area contributed by atoms with E-state index in [0.29, 0.717) is 32.0 Å². The number of halogens is 2. The van der Waals surface area contributed by atoms with Crippen LogP contribution in [0.3, 0.4) is 0 Å². The second kappa shape index (κ2) is 9.66. The predicted molar refractivity (Wildman–Crippen MR) is 98.1 cm³/mol. The molecule has 0 spiro atoms. The fraction of sp³-hybridized carbons (Fsp3) is 0.938. The zero-order valence-electron chi connectivity index (χ0n) is 15.7. The minimum atomic E-state index is -2.97. The molecule has 1 fully saturated rings. The number of rotatable bonds is 8. The van der Waals surface area contributed by atoms with Crippen LogP contribution in [0.1, 0.15) is 33.1 Å². The summed E-state index contributed by atoms with van der Waals surface area (Å²) in [5.41, 5.74) is -0.179. The van der Waals surface area contributed by atoms with Crippen LogP contribution in [0.25, 0.3) is 0 Å². The summed E-state index contributed by atoms with van der Waals surface area (Å²) < 4.78 is 47.5. The van der Waals surface area contributed by atoms with Crippen LogP contribution in [0.4, 0.5) is 8.78 Å². The van der Waals surface area contributed by atoms with Gasteiger partial charge in [0.15, 0.2) is 5.96 Å².